The molecule has 0 spiro atoms. The van der Waals surface area contributed by atoms with Crippen molar-refractivity contribution in [1.29, 1.82) is 0 Å². The highest BCUT2D eigenvalue weighted by Crippen LogP contribution is 2.26. The molecule has 1 fully saturated rings. The van der Waals surface area contributed by atoms with Gasteiger partial charge in [-0.05, 0) is 48.4 Å². The summed E-state index contributed by atoms with van der Waals surface area (Å²) in [5, 5.41) is 21.6. The predicted molar refractivity (Wildman–Crippen MR) is 122 cm³/mol. The number of nitro groups is 1. The van der Waals surface area contributed by atoms with Gasteiger partial charge in [0.1, 0.15) is 17.3 Å². The number of hydrogen-bond donors (Lipinski definition) is 1. The number of rotatable bonds is 7. The number of methoxy groups -OCH3 is 1. The van der Waals surface area contributed by atoms with Crippen LogP contribution >= 0.6 is 11.8 Å². The Morgan fingerprint density at radius 1 is 1.22 bits per heavy atom. The molecule has 0 aliphatic carbocycles. The Hall–Kier alpha value is -3.92. The molecule has 0 bridgehead atoms. The van der Waals surface area contributed by atoms with Gasteiger partial charge in [0.05, 0.1) is 23.5 Å². The van der Waals surface area contributed by atoms with Crippen molar-refractivity contribution in [1.82, 2.24) is 5.32 Å². The van der Waals surface area contributed by atoms with Crippen molar-refractivity contribution in [2.24, 2.45) is 10.2 Å². The van der Waals surface area contributed by atoms with Gasteiger partial charge in [-0.1, -0.05) is 23.9 Å². The van der Waals surface area contributed by atoms with Gasteiger partial charge < -0.3 is 14.5 Å². The number of amidine groups is 1. The highest BCUT2D eigenvalue weighted by Gasteiger charge is 2.30. The number of nitro benzene ring substituents is 1. The van der Waals surface area contributed by atoms with Crippen molar-refractivity contribution in [3.8, 4) is 17.1 Å². The van der Waals surface area contributed by atoms with E-state index >= 15 is 0 Å². The van der Waals surface area contributed by atoms with Crippen LogP contribution in [0, 0.1) is 10.1 Å². The molecule has 1 aromatic heterocycles. The third kappa shape index (κ3) is 5.03. The fourth-order valence-corrected chi connectivity index (χ4v) is 4.03. The smallest absolute Gasteiger partial charge is 0.269 e. The number of amides is 1. The standard InChI is InChI=1S/C22H18N4O5S/c1-30-17-7-5-15(6-8-17)19-10-9-18(31-19)13-23-25-22-24-21(27)20(32-22)12-14-3-2-4-16(11-14)26(28)29/h2-11,13,20H,12H2,1H3,(H,24,25,27)/t20-/m0/s1. The van der Waals surface area contributed by atoms with Crippen LogP contribution in [0.4, 0.5) is 5.69 Å². The zero-order chi connectivity index (χ0) is 22.5. The number of ether oxygens (including phenoxy) is 1. The molecule has 3 aromatic rings. The normalized spacial score (nSPS) is 17.1. The number of nitrogens with zero attached hydrogens (tertiary/aromatic N) is 3. The van der Waals surface area contributed by atoms with Gasteiger partial charge >= 0.3 is 0 Å². The highest BCUT2D eigenvalue weighted by molar-refractivity contribution is 8.15. The monoisotopic (exact) mass is 450 g/mol. The minimum atomic E-state index is -0.457. The number of nitrogens with one attached hydrogen (secondary N) is 1. The fraction of sp³-hybridized carbons (Fsp3) is 0.136. The van der Waals surface area contributed by atoms with Gasteiger partial charge in [-0.2, -0.15) is 5.10 Å². The summed E-state index contributed by atoms with van der Waals surface area (Å²) in [5.41, 5.74) is 1.61. The molecule has 4 rings (SSSR count). The summed E-state index contributed by atoms with van der Waals surface area (Å²) in [5.74, 6) is 1.75. The minimum Gasteiger partial charge on any atom is -0.497 e. The fourth-order valence-electron chi connectivity index (χ4n) is 3.07. The third-order valence-electron chi connectivity index (χ3n) is 4.65. The van der Waals surface area contributed by atoms with Crippen LogP contribution in [0.5, 0.6) is 5.75 Å². The van der Waals surface area contributed by atoms with Gasteiger partial charge in [0.25, 0.3) is 5.69 Å². The molecule has 9 nitrogen and oxygen atoms in total. The van der Waals surface area contributed by atoms with Gasteiger partial charge in [-0.3, -0.25) is 14.9 Å². The second kappa shape index (κ2) is 9.48. The molecule has 10 heteroatoms. The molecule has 0 unspecified atom stereocenters. The van der Waals surface area contributed by atoms with Crippen LogP contribution in [0.15, 0.2) is 75.3 Å². The van der Waals surface area contributed by atoms with Gasteiger partial charge in [0.15, 0.2) is 5.17 Å². The van der Waals surface area contributed by atoms with E-state index in [9.17, 15) is 14.9 Å². The Kier molecular flexibility index (Phi) is 6.31. The maximum absolute atomic E-state index is 12.2. The Bertz CT molecular complexity index is 1200. The van der Waals surface area contributed by atoms with E-state index in [1.54, 1.807) is 25.3 Å². The SMILES string of the molecule is COc1ccc(-c2ccc(C=NN=C3NC(=O)[C@H](Cc4cccc([N+](=O)[O-])c4)S3)o2)cc1. The topological polar surface area (TPSA) is 119 Å². The summed E-state index contributed by atoms with van der Waals surface area (Å²) in [7, 11) is 1.61. The van der Waals surface area contributed by atoms with Crippen LogP contribution in [0.2, 0.25) is 0 Å². The lowest BCUT2D eigenvalue weighted by Gasteiger charge is -2.04. The third-order valence-corrected chi connectivity index (χ3v) is 5.73. The zero-order valence-electron chi connectivity index (χ0n) is 16.9. The number of non-ortho nitro benzene ring substituents is 1. The Labute approximate surface area is 187 Å². The van der Waals surface area contributed by atoms with E-state index in [4.69, 9.17) is 9.15 Å². The van der Waals surface area contributed by atoms with Crippen LogP contribution < -0.4 is 10.1 Å². The van der Waals surface area contributed by atoms with E-state index in [1.807, 2.05) is 30.3 Å². The number of carbonyl (C=O) groups excluding carboxylic acids is 1. The molecule has 162 valence electrons. The Morgan fingerprint density at radius 3 is 2.78 bits per heavy atom. The van der Waals surface area contributed by atoms with Crippen molar-refractivity contribution < 1.29 is 18.9 Å². The molecule has 1 amide bonds. The molecule has 1 atom stereocenters. The molecule has 0 saturated carbocycles. The average Bonchev–Trinajstić information content (AvgIpc) is 3.41. The predicted octanol–water partition coefficient (Wildman–Crippen LogP) is 4.03. The van der Waals surface area contributed by atoms with E-state index in [2.05, 4.69) is 15.5 Å². The zero-order valence-corrected chi connectivity index (χ0v) is 17.7. The number of thioether (sulfide) groups is 1. The van der Waals surface area contributed by atoms with Crippen LogP contribution in [0.1, 0.15) is 11.3 Å². The number of benzene rings is 2. The maximum Gasteiger partial charge on any atom is 0.269 e. The van der Waals surface area contributed by atoms with E-state index < -0.39 is 10.2 Å². The summed E-state index contributed by atoms with van der Waals surface area (Å²) in [4.78, 5) is 22.7. The lowest BCUT2D eigenvalue weighted by atomic mass is 10.1. The molecular formula is C22H18N4O5S. The summed E-state index contributed by atoms with van der Waals surface area (Å²) < 4.78 is 10.9. The lowest BCUT2D eigenvalue weighted by Crippen LogP contribution is -2.25. The number of carbonyl (C=O) groups is 1. The first-order valence-electron chi connectivity index (χ1n) is 9.58. The summed E-state index contributed by atoms with van der Waals surface area (Å²) in [6.45, 7) is 0. The average molecular weight is 450 g/mol. The van der Waals surface area contributed by atoms with Gasteiger partial charge in [-0.25, -0.2) is 0 Å². The lowest BCUT2D eigenvalue weighted by molar-refractivity contribution is -0.384. The minimum absolute atomic E-state index is 0.00291. The van der Waals surface area contributed by atoms with Crippen molar-refractivity contribution in [3.63, 3.8) is 0 Å². The summed E-state index contributed by atoms with van der Waals surface area (Å²) in [6.07, 6.45) is 1.81. The summed E-state index contributed by atoms with van der Waals surface area (Å²) >= 11 is 1.23. The van der Waals surface area contributed by atoms with Crippen molar-refractivity contribution in [2.75, 3.05) is 7.11 Å². The van der Waals surface area contributed by atoms with E-state index in [0.717, 1.165) is 11.3 Å². The molecule has 32 heavy (non-hydrogen) atoms. The second-order valence-electron chi connectivity index (χ2n) is 6.81. The Balaban J connectivity index is 1.38. The second-order valence-corrected chi connectivity index (χ2v) is 8.00. The Morgan fingerprint density at radius 2 is 2.03 bits per heavy atom. The first-order valence-corrected chi connectivity index (χ1v) is 10.5. The van der Waals surface area contributed by atoms with E-state index in [1.165, 1.54) is 30.1 Å². The van der Waals surface area contributed by atoms with E-state index in [-0.39, 0.29) is 11.6 Å². The molecule has 1 N–H and O–H groups in total. The van der Waals surface area contributed by atoms with Crippen molar-refractivity contribution >= 4 is 34.7 Å². The van der Waals surface area contributed by atoms with Crippen molar-refractivity contribution in [3.05, 3.63) is 82.1 Å². The van der Waals surface area contributed by atoms with Gasteiger partial charge in [-0.15, -0.1) is 5.10 Å². The highest BCUT2D eigenvalue weighted by atomic mass is 32.2. The molecule has 1 aliphatic rings. The quantitative estimate of drug-likeness (QED) is 0.330. The largest absolute Gasteiger partial charge is 0.497 e. The van der Waals surface area contributed by atoms with E-state index in [0.29, 0.717) is 28.7 Å². The molecule has 2 aromatic carbocycles. The van der Waals surface area contributed by atoms with Gasteiger partial charge in [0.2, 0.25) is 5.91 Å². The first kappa shape index (κ1) is 21.3. The van der Waals surface area contributed by atoms with Crippen LogP contribution in [0.3, 0.4) is 0 Å². The van der Waals surface area contributed by atoms with Gasteiger partial charge in [0, 0.05) is 17.7 Å². The number of hydrogen-bond acceptors (Lipinski definition) is 8. The van der Waals surface area contributed by atoms with Crippen LogP contribution in [0.25, 0.3) is 11.3 Å². The molecule has 1 saturated heterocycles. The maximum atomic E-state index is 12.2. The van der Waals surface area contributed by atoms with Crippen molar-refractivity contribution in [2.45, 2.75) is 11.7 Å². The molecule has 2 heterocycles. The molecular weight excluding hydrogens is 432 g/mol. The number of furan rings is 1. The molecule has 1 aliphatic heterocycles. The van der Waals surface area contributed by atoms with Crippen LogP contribution in [-0.4, -0.2) is 34.6 Å². The summed E-state index contributed by atoms with van der Waals surface area (Å²) in [6, 6.07) is 17.3. The molecule has 0 radical (unpaired) electrons. The van der Waals surface area contributed by atoms with Crippen LogP contribution in [-0.2, 0) is 11.2 Å². The first-order chi connectivity index (χ1) is 15.5.